The minimum absolute atomic E-state index is 0. The van der Waals surface area contributed by atoms with Gasteiger partial charge in [-0.3, -0.25) is 0 Å². The molecule has 0 spiro atoms. The Balaban J connectivity index is 0. The number of para-hydroxylation sites is 1. The monoisotopic (exact) mass is 482 g/mol. The standard InChI is InChI=1S/C6H5BO3.2C6H5B.2Rb/c8-7(9)10-6-4-2-1-3-5-6;2*7-6-4-2-1-3-5-6;;/h1-5H;2*1-5H;;/q-2;;;2*+1. The summed E-state index contributed by atoms with van der Waals surface area (Å²) >= 11 is 0. The van der Waals surface area contributed by atoms with Crippen LogP contribution in [0.15, 0.2) is 91.0 Å². The molecule has 0 heterocycles. The maximum absolute atomic E-state index is 9.92. The molecule has 4 radical (unpaired) electrons. The Bertz CT molecular complexity index is 623. The molecular weight excluding hydrogens is 468 g/mol. The minimum atomic E-state index is -2.23. The van der Waals surface area contributed by atoms with Crippen molar-refractivity contribution in [3.05, 3.63) is 91.0 Å². The molecule has 0 aliphatic rings. The first-order valence-electron chi connectivity index (χ1n) is 7.22. The van der Waals surface area contributed by atoms with Crippen LogP contribution in [0.2, 0.25) is 0 Å². The molecule has 0 atom stereocenters. The Kier molecular flexibility index (Phi) is 22.0. The van der Waals surface area contributed by atoms with Crippen molar-refractivity contribution >= 4 is 33.9 Å². The third-order valence-corrected chi connectivity index (χ3v) is 2.57. The molecule has 3 aromatic carbocycles. The first-order valence-corrected chi connectivity index (χ1v) is 7.22. The molecule has 3 aromatic rings. The van der Waals surface area contributed by atoms with Crippen molar-refractivity contribution < 1.29 is 131 Å². The second-order valence-electron chi connectivity index (χ2n) is 4.54. The van der Waals surface area contributed by atoms with E-state index in [9.17, 15) is 10.0 Å². The molecular formula is C18H15B3O3Rb2. The third kappa shape index (κ3) is 17.3. The van der Waals surface area contributed by atoms with Gasteiger partial charge in [0.25, 0.3) is 0 Å². The fourth-order valence-corrected chi connectivity index (χ4v) is 1.52. The molecule has 3 nitrogen and oxygen atoms in total. The number of benzene rings is 3. The molecule has 0 fully saturated rings. The number of hydrogen-bond acceptors (Lipinski definition) is 3. The molecule has 116 valence electrons. The fraction of sp³-hybridized carbons (Fsp3) is 0. The summed E-state index contributed by atoms with van der Waals surface area (Å²) in [4.78, 5) is 0. The Labute approximate surface area is 256 Å². The Morgan fingerprint density at radius 2 is 0.885 bits per heavy atom. The Morgan fingerprint density at radius 3 is 1.12 bits per heavy atom. The van der Waals surface area contributed by atoms with E-state index in [0.717, 1.165) is 10.9 Å². The Hall–Kier alpha value is 1.19. The molecule has 0 saturated carbocycles. The van der Waals surface area contributed by atoms with Gasteiger partial charge in [0, 0.05) is 0 Å². The zero-order valence-corrected chi connectivity index (χ0v) is 24.9. The molecule has 0 unspecified atom stereocenters. The van der Waals surface area contributed by atoms with Crippen LogP contribution in [0, 0.1) is 0 Å². The molecule has 8 heteroatoms. The summed E-state index contributed by atoms with van der Waals surface area (Å²) in [6, 6.07) is 27.3. The van der Waals surface area contributed by atoms with Gasteiger partial charge in [-0.1, -0.05) is 89.8 Å². The van der Waals surface area contributed by atoms with Crippen molar-refractivity contribution in [1.29, 1.82) is 0 Å². The van der Waals surface area contributed by atoms with Gasteiger partial charge in [-0.2, -0.15) is 0 Å². The summed E-state index contributed by atoms with van der Waals surface area (Å²) in [5.41, 5.74) is 1.64. The van der Waals surface area contributed by atoms with Crippen LogP contribution in [-0.4, -0.2) is 23.0 Å². The van der Waals surface area contributed by atoms with Gasteiger partial charge in [0.1, 0.15) is 23.0 Å². The van der Waals surface area contributed by atoms with Crippen molar-refractivity contribution in [2.45, 2.75) is 0 Å². The van der Waals surface area contributed by atoms with Gasteiger partial charge in [0.2, 0.25) is 0 Å². The molecule has 0 N–H and O–H groups in total. The summed E-state index contributed by atoms with van der Waals surface area (Å²) in [5, 5.41) is 19.8. The van der Waals surface area contributed by atoms with E-state index in [1.807, 2.05) is 60.7 Å². The van der Waals surface area contributed by atoms with Crippen LogP contribution in [0.3, 0.4) is 0 Å². The van der Waals surface area contributed by atoms with Crippen LogP contribution in [0.5, 0.6) is 5.75 Å². The summed E-state index contributed by atoms with van der Waals surface area (Å²) in [6.07, 6.45) is 0. The summed E-state index contributed by atoms with van der Waals surface area (Å²) < 4.78 is 4.30. The Morgan fingerprint density at radius 1 is 0.577 bits per heavy atom. The quantitative estimate of drug-likeness (QED) is 0.342. The molecule has 0 aliphatic heterocycles. The SMILES string of the molecule is [B]c1ccccc1.[B]c1ccccc1.[O-]B([O-])Oc1ccccc1.[Rb+].[Rb+]. The smallest absolute Gasteiger partial charge is 0.860 e. The van der Waals surface area contributed by atoms with Crippen molar-refractivity contribution in [2.24, 2.45) is 0 Å². The molecule has 3 rings (SSSR count). The van der Waals surface area contributed by atoms with E-state index in [1.165, 1.54) is 0 Å². The second-order valence-corrected chi connectivity index (χ2v) is 4.54. The largest absolute Gasteiger partial charge is 1.00 e. The first-order chi connectivity index (χ1) is 11.6. The van der Waals surface area contributed by atoms with E-state index in [-0.39, 0.29) is 116 Å². The van der Waals surface area contributed by atoms with Crippen molar-refractivity contribution in [2.75, 3.05) is 0 Å². The van der Waals surface area contributed by atoms with Gasteiger partial charge in [-0.05, 0) is 12.1 Å². The molecule has 26 heavy (non-hydrogen) atoms. The zero-order valence-electron chi connectivity index (χ0n) is 15.1. The second kappa shape index (κ2) is 19.5. The van der Waals surface area contributed by atoms with Crippen molar-refractivity contribution in [3.8, 4) is 5.75 Å². The van der Waals surface area contributed by atoms with Crippen LogP contribution in [0.25, 0.3) is 0 Å². The van der Waals surface area contributed by atoms with E-state index in [1.54, 1.807) is 30.3 Å². The van der Waals surface area contributed by atoms with Gasteiger partial charge in [-0.25, -0.2) is 0 Å². The maximum Gasteiger partial charge on any atom is 1.00 e. The molecule has 0 bridgehead atoms. The van der Waals surface area contributed by atoms with E-state index in [2.05, 4.69) is 4.65 Å². The molecule has 0 amide bonds. The van der Waals surface area contributed by atoms with Crippen molar-refractivity contribution in [1.82, 2.24) is 0 Å². The third-order valence-electron chi connectivity index (χ3n) is 2.57. The predicted octanol–water partition coefficient (Wildman–Crippen LogP) is -6.26. The first kappa shape index (κ1) is 29.4. The average Bonchev–Trinajstić information content (AvgIpc) is 2.58. The number of rotatable bonds is 2. The minimum Gasteiger partial charge on any atom is -0.860 e. The van der Waals surface area contributed by atoms with Gasteiger partial charge in [0.05, 0.1) is 5.75 Å². The van der Waals surface area contributed by atoms with Gasteiger partial charge in [0.15, 0.2) is 0 Å². The fourth-order valence-electron chi connectivity index (χ4n) is 1.52. The molecule has 0 aliphatic carbocycles. The number of hydrogen-bond donors (Lipinski definition) is 0. The molecule has 0 saturated heterocycles. The zero-order chi connectivity index (χ0) is 17.6. The van der Waals surface area contributed by atoms with Gasteiger partial charge >= 0.3 is 116 Å². The van der Waals surface area contributed by atoms with Crippen LogP contribution >= 0.6 is 0 Å². The summed E-state index contributed by atoms with van der Waals surface area (Å²) in [6.45, 7) is 0. The van der Waals surface area contributed by atoms with E-state index < -0.39 is 7.32 Å². The maximum atomic E-state index is 9.92. The van der Waals surface area contributed by atoms with Gasteiger partial charge < -0.3 is 14.7 Å². The van der Waals surface area contributed by atoms with Crippen LogP contribution in [-0.2, 0) is 0 Å². The summed E-state index contributed by atoms with van der Waals surface area (Å²) in [5.74, 6) is 0.317. The van der Waals surface area contributed by atoms with Crippen LogP contribution in [0.4, 0.5) is 0 Å². The van der Waals surface area contributed by atoms with E-state index in [4.69, 9.17) is 15.7 Å². The van der Waals surface area contributed by atoms with Gasteiger partial charge in [-0.15, -0.1) is 0 Å². The summed E-state index contributed by atoms with van der Waals surface area (Å²) in [7, 11) is 8.48. The van der Waals surface area contributed by atoms with Crippen molar-refractivity contribution in [3.63, 3.8) is 0 Å². The topological polar surface area (TPSA) is 55.3 Å². The molecule has 0 aromatic heterocycles. The predicted molar refractivity (Wildman–Crippen MR) is 96.5 cm³/mol. The van der Waals surface area contributed by atoms with E-state index >= 15 is 0 Å². The van der Waals surface area contributed by atoms with Crippen LogP contribution < -0.4 is 142 Å². The normalized spacial score (nSPS) is 8.08. The average molecular weight is 483 g/mol. The van der Waals surface area contributed by atoms with Crippen LogP contribution in [0.1, 0.15) is 0 Å². The van der Waals surface area contributed by atoms with E-state index in [0.29, 0.717) is 5.75 Å².